The Balaban J connectivity index is 2.44. The van der Waals surface area contributed by atoms with Gasteiger partial charge in [0.05, 0.1) is 30.1 Å². The molecular weight excluding hydrogens is 222 g/mol. The number of nitrogens with one attached hydrogen (secondary N) is 1. The smallest absolute Gasteiger partial charge is 0.339 e. The van der Waals surface area contributed by atoms with E-state index >= 15 is 0 Å². The normalized spacial score (nSPS) is 18.4. The Bertz CT molecular complexity index is 487. The van der Waals surface area contributed by atoms with Crippen LogP contribution in [0.5, 0.6) is 0 Å². The Labute approximate surface area is 98.6 Å². The minimum atomic E-state index is -0.471. The number of carbonyl (C=O) groups is 2. The highest BCUT2D eigenvalue weighted by molar-refractivity contribution is 5.95. The van der Waals surface area contributed by atoms with Crippen molar-refractivity contribution in [3.63, 3.8) is 0 Å². The van der Waals surface area contributed by atoms with Crippen LogP contribution in [0, 0.1) is 0 Å². The number of ether oxygens (including phenoxy) is 1. The van der Waals surface area contributed by atoms with E-state index in [0.29, 0.717) is 11.3 Å². The van der Waals surface area contributed by atoms with Gasteiger partial charge in [0.15, 0.2) is 0 Å². The number of rotatable bonds is 1. The molecule has 2 rings (SSSR count). The van der Waals surface area contributed by atoms with Gasteiger partial charge in [0, 0.05) is 13.2 Å². The van der Waals surface area contributed by atoms with E-state index in [1.165, 1.54) is 13.3 Å². The zero-order valence-corrected chi connectivity index (χ0v) is 9.85. The third-order valence-corrected chi connectivity index (χ3v) is 2.88. The molecule has 6 nitrogen and oxygen atoms in total. The van der Waals surface area contributed by atoms with Crippen molar-refractivity contribution in [1.29, 1.82) is 0 Å². The average Bonchev–Trinajstić information content (AvgIpc) is 2.34. The van der Waals surface area contributed by atoms with Crippen LogP contribution < -0.4 is 5.32 Å². The molecule has 0 aromatic carbocycles. The van der Waals surface area contributed by atoms with Crippen LogP contribution in [0.3, 0.4) is 0 Å². The van der Waals surface area contributed by atoms with Crippen LogP contribution >= 0.6 is 0 Å². The number of fused-ring (bicyclic) bond motifs is 1. The number of esters is 1. The molecule has 1 aromatic rings. The standard InChI is InChI=1S/C11H13N3O3/c1-6-9-8(13-11(16)14(6)2)4-7(5-12-9)10(15)17-3/h4-6H,1-3H3,(H,13,16). The molecule has 0 spiro atoms. The Hall–Kier alpha value is -2.11. The monoisotopic (exact) mass is 235 g/mol. The van der Waals surface area contributed by atoms with Gasteiger partial charge >= 0.3 is 12.0 Å². The Kier molecular flexibility index (Phi) is 2.71. The highest BCUT2D eigenvalue weighted by Gasteiger charge is 2.28. The van der Waals surface area contributed by atoms with Gasteiger partial charge in [-0.15, -0.1) is 0 Å². The van der Waals surface area contributed by atoms with E-state index in [-0.39, 0.29) is 12.1 Å². The number of nitrogens with zero attached hydrogens (tertiary/aromatic N) is 2. The van der Waals surface area contributed by atoms with Crippen molar-refractivity contribution < 1.29 is 14.3 Å². The SMILES string of the molecule is COC(=O)c1cnc2c(c1)NC(=O)N(C)C2C. The molecule has 17 heavy (non-hydrogen) atoms. The van der Waals surface area contributed by atoms with Crippen molar-refractivity contribution in [2.75, 3.05) is 19.5 Å². The number of carbonyl (C=O) groups excluding carboxylic acids is 2. The maximum absolute atomic E-state index is 11.6. The molecule has 0 saturated heterocycles. The maximum atomic E-state index is 11.6. The first-order valence-electron chi connectivity index (χ1n) is 5.16. The van der Waals surface area contributed by atoms with E-state index in [4.69, 9.17) is 0 Å². The molecule has 1 aliphatic heterocycles. The summed E-state index contributed by atoms with van der Waals surface area (Å²) in [5.74, 6) is -0.471. The third-order valence-electron chi connectivity index (χ3n) is 2.88. The fraction of sp³-hybridized carbons (Fsp3) is 0.364. The molecule has 0 saturated carbocycles. The minimum absolute atomic E-state index is 0.120. The van der Waals surface area contributed by atoms with Crippen molar-refractivity contribution in [2.45, 2.75) is 13.0 Å². The van der Waals surface area contributed by atoms with Gasteiger partial charge < -0.3 is 15.0 Å². The van der Waals surface area contributed by atoms with Crippen LogP contribution in [0.2, 0.25) is 0 Å². The molecule has 0 fully saturated rings. The molecule has 1 atom stereocenters. The summed E-state index contributed by atoms with van der Waals surface area (Å²) in [6.45, 7) is 1.88. The summed E-state index contributed by atoms with van der Waals surface area (Å²) in [6, 6.07) is 1.24. The van der Waals surface area contributed by atoms with Crippen LogP contribution in [0.15, 0.2) is 12.3 Å². The first kappa shape index (κ1) is 11.4. The molecule has 1 N–H and O–H groups in total. The predicted molar refractivity (Wildman–Crippen MR) is 60.8 cm³/mol. The fourth-order valence-electron chi connectivity index (χ4n) is 1.70. The summed E-state index contributed by atoms with van der Waals surface area (Å²) >= 11 is 0. The van der Waals surface area contributed by atoms with Crippen LogP contribution in [0.4, 0.5) is 10.5 Å². The van der Waals surface area contributed by atoms with Gasteiger partial charge in [0.25, 0.3) is 0 Å². The number of methoxy groups -OCH3 is 1. The lowest BCUT2D eigenvalue weighted by Crippen LogP contribution is -2.38. The van der Waals surface area contributed by atoms with Gasteiger partial charge in [0.2, 0.25) is 0 Å². The lowest BCUT2D eigenvalue weighted by molar-refractivity contribution is 0.0600. The summed E-state index contributed by atoms with van der Waals surface area (Å²) in [4.78, 5) is 28.7. The Morgan fingerprint density at radius 1 is 1.59 bits per heavy atom. The van der Waals surface area contributed by atoms with E-state index in [0.717, 1.165) is 5.69 Å². The maximum Gasteiger partial charge on any atom is 0.339 e. The van der Waals surface area contributed by atoms with Crippen LogP contribution in [0.1, 0.15) is 29.0 Å². The number of urea groups is 1. The molecular formula is C11H13N3O3. The number of amides is 2. The third kappa shape index (κ3) is 1.82. The number of pyridine rings is 1. The summed E-state index contributed by atoms with van der Waals surface area (Å²) in [5, 5.41) is 2.68. The van der Waals surface area contributed by atoms with E-state index in [1.54, 1.807) is 18.0 Å². The second kappa shape index (κ2) is 4.04. The molecule has 0 bridgehead atoms. The van der Waals surface area contributed by atoms with Gasteiger partial charge in [-0.3, -0.25) is 4.98 Å². The van der Waals surface area contributed by atoms with Gasteiger partial charge in [0.1, 0.15) is 0 Å². The van der Waals surface area contributed by atoms with Gasteiger partial charge in [-0.05, 0) is 13.0 Å². The molecule has 1 aromatic heterocycles. The Morgan fingerprint density at radius 3 is 2.94 bits per heavy atom. The lowest BCUT2D eigenvalue weighted by atomic mass is 10.1. The zero-order valence-electron chi connectivity index (χ0n) is 9.85. The number of aromatic nitrogens is 1. The van der Waals surface area contributed by atoms with E-state index in [9.17, 15) is 9.59 Å². The predicted octanol–water partition coefficient (Wildman–Crippen LogP) is 1.41. The van der Waals surface area contributed by atoms with Crippen molar-refractivity contribution in [1.82, 2.24) is 9.88 Å². The number of anilines is 1. The van der Waals surface area contributed by atoms with Crippen LogP contribution in [0.25, 0.3) is 0 Å². The molecule has 2 amide bonds. The summed E-state index contributed by atoms with van der Waals surface area (Å²) in [5.41, 5.74) is 1.62. The largest absolute Gasteiger partial charge is 0.465 e. The summed E-state index contributed by atoms with van der Waals surface area (Å²) in [6.07, 6.45) is 1.45. The quantitative estimate of drug-likeness (QED) is 0.747. The second-order valence-corrected chi connectivity index (χ2v) is 3.87. The van der Waals surface area contributed by atoms with Crippen LogP contribution in [-0.2, 0) is 4.74 Å². The number of hydrogen-bond acceptors (Lipinski definition) is 4. The van der Waals surface area contributed by atoms with E-state index in [1.807, 2.05) is 6.92 Å². The van der Waals surface area contributed by atoms with E-state index in [2.05, 4.69) is 15.0 Å². The molecule has 90 valence electrons. The van der Waals surface area contributed by atoms with Crippen molar-refractivity contribution in [2.24, 2.45) is 0 Å². The minimum Gasteiger partial charge on any atom is -0.465 e. The topological polar surface area (TPSA) is 71.5 Å². The summed E-state index contributed by atoms with van der Waals surface area (Å²) < 4.78 is 4.60. The molecule has 1 unspecified atom stereocenters. The second-order valence-electron chi connectivity index (χ2n) is 3.87. The molecule has 0 aliphatic carbocycles. The summed E-state index contributed by atoms with van der Waals surface area (Å²) in [7, 11) is 3.00. The molecule has 0 radical (unpaired) electrons. The van der Waals surface area contributed by atoms with Crippen molar-refractivity contribution in [3.8, 4) is 0 Å². The first-order chi connectivity index (χ1) is 8.04. The molecule has 6 heteroatoms. The first-order valence-corrected chi connectivity index (χ1v) is 5.16. The fourth-order valence-corrected chi connectivity index (χ4v) is 1.70. The Morgan fingerprint density at radius 2 is 2.29 bits per heavy atom. The number of hydrogen-bond donors (Lipinski definition) is 1. The average molecular weight is 235 g/mol. The molecule has 1 aliphatic rings. The van der Waals surface area contributed by atoms with Crippen LogP contribution in [-0.4, -0.2) is 36.0 Å². The van der Waals surface area contributed by atoms with Crippen molar-refractivity contribution >= 4 is 17.7 Å². The van der Waals surface area contributed by atoms with Crippen molar-refractivity contribution in [3.05, 3.63) is 23.5 Å². The zero-order chi connectivity index (χ0) is 12.6. The highest BCUT2D eigenvalue weighted by Crippen LogP contribution is 2.30. The van der Waals surface area contributed by atoms with Gasteiger partial charge in [-0.2, -0.15) is 0 Å². The van der Waals surface area contributed by atoms with Gasteiger partial charge in [-0.1, -0.05) is 0 Å². The van der Waals surface area contributed by atoms with E-state index < -0.39 is 5.97 Å². The lowest BCUT2D eigenvalue weighted by Gasteiger charge is -2.31. The molecule has 2 heterocycles. The highest BCUT2D eigenvalue weighted by atomic mass is 16.5. The van der Waals surface area contributed by atoms with Gasteiger partial charge in [-0.25, -0.2) is 9.59 Å².